The SMILES string of the molecule is Cc1cccnc1NC(=O)c1ccnc(F)c1. The molecule has 2 heterocycles. The van der Waals surface area contributed by atoms with Crippen LogP contribution in [-0.4, -0.2) is 15.9 Å². The third-order valence-electron chi connectivity index (χ3n) is 2.23. The zero-order valence-electron chi connectivity index (χ0n) is 9.14. The van der Waals surface area contributed by atoms with E-state index in [-0.39, 0.29) is 5.56 Å². The van der Waals surface area contributed by atoms with Crippen molar-refractivity contribution in [3.05, 3.63) is 53.7 Å². The number of nitrogens with zero attached hydrogens (tertiary/aromatic N) is 2. The van der Waals surface area contributed by atoms with Crippen LogP contribution in [0.2, 0.25) is 0 Å². The standard InChI is InChI=1S/C12H10FN3O/c1-8-3-2-5-15-11(8)16-12(17)9-4-6-14-10(13)7-9/h2-7H,1H3,(H,15,16,17). The van der Waals surface area contributed by atoms with Gasteiger partial charge in [-0.2, -0.15) is 4.39 Å². The van der Waals surface area contributed by atoms with Gasteiger partial charge in [0.15, 0.2) is 0 Å². The van der Waals surface area contributed by atoms with E-state index in [9.17, 15) is 9.18 Å². The first-order chi connectivity index (χ1) is 8.16. The molecule has 17 heavy (non-hydrogen) atoms. The zero-order chi connectivity index (χ0) is 12.3. The lowest BCUT2D eigenvalue weighted by Crippen LogP contribution is -2.14. The highest BCUT2D eigenvalue weighted by molar-refractivity contribution is 6.03. The summed E-state index contributed by atoms with van der Waals surface area (Å²) in [5, 5.41) is 2.61. The number of carbonyl (C=O) groups is 1. The van der Waals surface area contributed by atoms with E-state index in [2.05, 4.69) is 15.3 Å². The van der Waals surface area contributed by atoms with Gasteiger partial charge >= 0.3 is 0 Å². The minimum absolute atomic E-state index is 0.211. The number of aryl methyl sites for hydroxylation is 1. The lowest BCUT2D eigenvalue weighted by Gasteiger charge is -2.06. The largest absolute Gasteiger partial charge is 0.306 e. The molecule has 0 fully saturated rings. The Hall–Kier alpha value is -2.30. The summed E-state index contributed by atoms with van der Waals surface area (Å²) in [6.45, 7) is 1.83. The van der Waals surface area contributed by atoms with Crippen LogP contribution in [0, 0.1) is 12.9 Å². The van der Waals surface area contributed by atoms with Crippen molar-refractivity contribution >= 4 is 11.7 Å². The molecule has 2 aromatic heterocycles. The van der Waals surface area contributed by atoms with Gasteiger partial charge in [0.05, 0.1) is 0 Å². The van der Waals surface area contributed by atoms with Crippen molar-refractivity contribution in [3.63, 3.8) is 0 Å². The van der Waals surface area contributed by atoms with Crippen molar-refractivity contribution in [2.75, 3.05) is 5.32 Å². The molecule has 4 nitrogen and oxygen atoms in total. The molecule has 0 aromatic carbocycles. The highest BCUT2D eigenvalue weighted by Gasteiger charge is 2.09. The van der Waals surface area contributed by atoms with Crippen LogP contribution < -0.4 is 5.32 Å². The number of hydrogen-bond acceptors (Lipinski definition) is 3. The predicted octanol–water partition coefficient (Wildman–Crippen LogP) is 2.18. The van der Waals surface area contributed by atoms with Crippen molar-refractivity contribution in [2.24, 2.45) is 0 Å². The van der Waals surface area contributed by atoms with Gasteiger partial charge in [0, 0.05) is 24.0 Å². The number of rotatable bonds is 2. The Morgan fingerprint density at radius 3 is 2.82 bits per heavy atom. The molecule has 2 rings (SSSR count). The molecule has 5 heteroatoms. The van der Waals surface area contributed by atoms with E-state index in [0.717, 1.165) is 11.6 Å². The summed E-state index contributed by atoms with van der Waals surface area (Å²) in [5.41, 5.74) is 1.05. The number of aromatic nitrogens is 2. The highest BCUT2D eigenvalue weighted by Crippen LogP contribution is 2.11. The number of halogens is 1. The Balaban J connectivity index is 2.20. The van der Waals surface area contributed by atoms with Crippen LogP contribution in [0.5, 0.6) is 0 Å². The molecule has 2 aromatic rings. The van der Waals surface area contributed by atoms with Crippen molar-refractivity contribution < 1.29 is 9.18 Å². The first-order valence-electron chi connectivity index (χ1n) is 5.01. The van der Waals surface area contributed by atoms with Crippen LogP contribution in [0.15, 0.2) is 36.7 Å². The van der Waals surface area contributed by atoms with Crippen LogP contribution in [0.3, 0.4) is 0 Å². The second-order valence-corrected chi connectivity index (χ2v) is 3.49. The molecule has 0 aliphatic heterocycles. The van der Waals surface area contributed by atoms with Crippen molar-refractivity contribution in [1.29, 1.82) is 0 Å². The molecule has 0 bridgehead atoms. The molecular formula is C12H10FN3O. The quantitative estimate of drug-likeness (QED) is 0.806. The molecule has 86 valence electrons. The van der Waals surface area contributed by atoms with E-state index in [1.165, 1.54) is 12.3 Å². The van der Waals surface area contributed by atoms with E-state index in [1.54, 1.807) is 12.3 Å². The molecule has 0 saturated carbocycles. The molecule has 1 N–H and O–H groups in total. The molecular weight excluding hydrogens is 221 g/mol. The first-order valence-corrected chi connectivity index (χ1v) is 5.01. The molecule has 0 unspecified atom stereocenters. The van der Waals surface area contributed by atoms with Gasteiger partial charge in [0.1, 0.15) is 5.82 Å². The minimum atomic E-state index is -0.685. The number of hydrogen-bond donors (Lipinski definition) is 1. The van der Waals surface area contributed by atoms with Gasteiger partial charge in [0.25, 0.3) is 5.91 Å². The van der Waals surface area contributed by atoms with E-state index < -0.39 is 11.9 Å². The number of nitrogens with one attached hydrogen (secondary N) is 1. The molecule has 0 atom stereocenters. The molecule has 0 saturated heterocycles. The molecule has 0 aliphatic rings. The maximum absolute atomic E-state index is 12.8. The van der Waals surface area contributed by atoms with Gasteiger partial charge in [-0.15, -0.1) is 0 Å². The fourth-order valence-electron chi connectivity index (χ4n) is 1.34. The Morgan fingerprint density at radius 2 is 2.12 bits per heavy atom. The second kappa shape index (κ2) is 4.69. The Kier molecular flexibility index (Phi) is 3.09. The molecule has 0 radical (unpaired) electrons. The van der Waals surface area contributed by atoms with Gasteiger partial charge in [-0.25, -0.2) is 9.97 Å². The summed E-state index contributed by atoms with van der Waals surface area (Å²) < 4.78 is 12.8. The smallest absolute Gasteiger partial charge is 0.257 e. The average molecular weight is 231 g/mol. The van der Waals surface area contributed by atoms with Crippen molar-refractivity contribution in [1.82, 2.24) is 9.97 Å². The molecule has 1 amide bonds. The Labute approximate surface area is 97.5 Å². The van der Waals surface area contributed by atoms with E-state index >= 15 is 0 Å². The third kappa shape index (κ3) is 2.63. The van der Waals surface area contributed by atoms with Crippen LogP contribution in [0.1, 0.15) is 15.9 Å². The lowest BCUT2D eigenvalue weighted by atomic mass is 10.2. The summed E-state index contributed by atoms with van der Waals surface area (Å²) >= 11 is 0. The number of carbonyl (C=O) groups excluding carboxylic acids is 1. The predicted molar refractivity (Wildman–Crippen MR) is 61.1 cm³/mol. The fourth-order valence-corrected chi connectivity index (χ4v) is 1.34. The maximum Gasteiger partial charge on any atom is 0.257 e. The topological polar surface area (TPSA) is 54.9 Å². The van der Waals surface area contributed by atoms with Gasteiger partial charge in [-0.05, 0) is 24.6 Å². The third-order valence-corrected chi connectivity index (χ3v) is 2.23. The normalized spacial score (nSPS) is 10.0. The summed E-state index contributed by atoms with van der Waals surface area (Å²) in [6.07, 6.45) is 2.82. The van der Waals surface area contributed by atoms with Crippen LogP contribution in [0.25, 0.3) is 0 Å². The number of pyridine rings is 2. The average Bonchev–Trinajstić information content (AvgIpc) is 2.32. The van der Waals surface area contributed by atoms with E-state index in [4.69, 9.17) is 0 Å². The van der Waals surface area contributed by atoms with Gasteiger partial charge in [0.2, 0.25) is 5.95 Å². The van der Waals surface area contributed by atoms with E-state index in [0.29, 0.717) is 5.82 Å². The molecule has 0 aliphatic carbocycles. The highest BCUT2D eigenvalue weighted by atomic mass is 19.1. The van der Waals surface area contributed by atoms with Crippen molar-refractivity contribution in [2.45, 2.75) is 6.92 Å². The van der Waals surface area contributed by atoms with Crippen molar-refractivity contribution in [3.8, 4) is 0 Å². The first kappa shape index (κ1) is 11.2. The number of anilines is 1. The summed E-state index contributed by atoms with van der Waals surface area (Å²) in [5.74, 6) is -0.627. The Bertz CT molecular complexity index is 557. The van der Waals surface area contributed by atoms with Gasteiger partial charge in [-0.3, -0.25) is 4.79 Å². The fraction of sp³-hybridized carbons (Fsp3) is 0.0833. The number of amides is 1. The summed E-state index contributed by atoms with van der Waals surface area (Å²) in [4.78, 5) is 19.2. The van der Waals surface area contributed by atoms with Crippen LogP contribution in [-0.2, 0) is 0 Å². The molecule has 0 spiro atoms. The summed E-state index contributed by atoms with van der Waals surface area (Å²) in [7, 11) is 0. The lowest BCUT2D eigenvalue weighted by molar-refractivity contribution is 0.102. The van der Waals surface area contributed by atoms with Crippen LogP contribution >= 0.6 is 0 Å². The van der Waals surface area contributed by atoms with Crippen LogP contribution in [0.4, 0.5) is 10.2 Å². The van der Waals surface area contributed by atoms with Gasteiger partial charge < -0.3 is 5.32 Å². The van der Waals surface area contributed by atoms with E-state index in [1.807, 2.05) is 13.0 Å². The monoisotopic (exact) mass is 231 g/mol. The maximum atomic E-state index is 12.8. The minimum Gasteiger partial charge on any atom is -0.306 e. The zero-order valence-corrected chi connectivity index (χ0v) is 9.14. The second-order valence-electron chi connectivity index (χ2n) is 3.49. The van der Waals surface area contributed by atoms with Gasteiger partial charge in [-0.1, -0.05) is 6.07 Å². The Morgan fingerprint density at radius 1 is 1.29 bits per heavy atom. The summed E-state index contributed by atoms with van der Waals surface area (Å²) in [6, 6.07) is 6.12.